The van der Waals surface area contributed by atoms with E-state index < -0.39 is 21.4 Å². The molecule has 0 atom stereocenters. The number of halogens is 1. The van der Waals surface area contributed by atoms with Crippen LogP contribution in [-0.2, 0) is 16.4 Å². The van der Waals surface area contributed by atoms with Crippen LogP contribution in [-0.4, -0.2) is 35.3 Å². The van der Waals surface area contributed by atoms with E-state index in [1.54, 1.807) is 13.8 Å². The van der Waals surface area contributed by atoms with Gasteiger partial charge in [-0.15, -0.1) is 0 Å². The number of nitrogens with zero attached hydrogens (tertiary/aromatic N) is 2. The minimum atomic E-state index is -3.60. The van der Waals surface area contributed by atoms with Crippen molar-refractivity contribution in [2.45, 2.75) is 25.3 Å². The zero-order valence-electron chi connectivity index (χ0n) is 15.6. The molecule has 1 N–H and O–H groups in total. The number of carbonyl (C=O) groups is 1. The molecule has 8 heteroatoms. The number of sulfone groups is 1. The van der Waals surface area contributed by atoms with E-state index in [0.717, 1.165) is 6.26 Å². The third kappa shape index (κ3) is 3.43. The Morgan fingerprint density at radius 2 is 1.79 bits per heavy atom. The minimum Gasteiger partial charge on any atom is -0.493 e. The summed E-state index contributed by atoms with van der Waals surface area (Å²) in [6.07, 6.45) is 2.36. The Labute approximate surface area is 162 Å². The number of rotatable bonds is 5. The maximum Gasteiger partial charge on any atom is 0.220 e. The van der Waals surface area contributed by atoms with Crippen LogP contribution in [0, 0.1) is 12.7 Å². The largest absolute Gasteiger partial charge is 0.493 e. The lowest BCUT2D eigenvalue weighted by atomic mass is 9.93. The van der Waals surface area contributed by atoms with Crippen LogP contribution in [0.5, 0.6) is 5.88 Å². The average molecular weight is 402 g/mol. The molecule has 1 aromatic heterocycles. The van der Waals surface area contributed by atoms with Crippen molar-refractivity contribution in [3.05, 3.63) is 65.1 Å². The number of hydrogen-bond acceptors (Lipinski definition) is 5. The van der Waals surface area contributed by atoms with Gasteiger partial charge in [-0.05, 0) is 49.2 Å². The van der Waals surface area contributed by atoms with Gasteiger partial charge in [0.25, 0.3) is 0 Å². The third-order valence-electron chi connectivity index (χ3n) is 4.56. The van der Waals surface area contributed by atoms with Crippen molar-refractivity contribution in [3.63, 3.8) is 0 Å². The molecule has 0 radical (unpaired) electrons. The topological polar surface area (TPSA) is 89.3 Å². The van der Waals surface area contributed by atoms with E-state index in [9.17, 15) is 22.7 Å². The molecule has 2 aromatic carbocycles. The summed E-state index contributed by atoms with van der Waals surface area (Å²) in [4.78, 5) is 13.0. The lowest BCUT2D eigenvalue weighted by Gasteiger charge is -2.15. The van der Waals surface area contributed by atoms with Crippen LogP contribution in [0.1, 0.15) is 28.4 Å². The first-order chi connectivity index (χ1) is 13.1. The van der Waals surface area contributed by atoms with Crippen LogP contribution in [0.3, 0.4) is 0 Å². The Bertz CT molecular complexity index is 1170. The molecular formula is C20H19FN2O4S. The molecular weight excluding hydrogens is 383 g/mol. The SMILES string of the molecule is CCn1ncc(C(=O)c2ccc(S(C)(=O)=O)c(-c3ccc(F)cc3)c2C)c1O. The van der Waals surface area contributed by atoms with Gasteiger partial charge in [0.1, 0.15) is 11.4 Å². The highest BCUT2D eigenvalue weighted by Gasteiger charge is 2.25. The molecule has 0 fully saturated rings. The first kappa shape index (κ1) is 19.8. The summed E-state index contributed by atoms with van der Waals surface area (Å²) >= 11 is 0. The number of hydrogen-bond donors (Lipinski definition) is 1. The molecule has 0 amide bonds. The van der Waals surface area contributed by atoms with Crippen molar-refractivity contribution in [3.8, 4) is 17.0 Å². The van der Waals surface area contributed by atoms with E-state index in [1.165, 1.54) is 47.3 Å². The molecule has 3 rings (SSSR count). The van der Waals surface area contributed by atoms with Crippen molar-refractivity contribution in [1.82, 2.24) is 9.78 Å². The quantitative estimate of drug-likeness (QED) is 0.661. The molecule has 1 heterocycles. The van der Waals surface area contributed by atoms with Crippen molar-refractivity contribution in [2.24, 2.45) is 0 Å². The molecule has 0 aliphatic carbocycles. The highest BCUT2D eigenvalue weighted by molar-refractivity contribution is 7.90. The maximum absolute atomic E-state index is 13.3. The molecule has 0 saturated carbocycles. The van der Waals surface area contributed by atoms with Crippen molar-refractivity contribution < 1.29 is 22.7 Å². The van der Waals surface area contributed by atoms with E-state index in [2.05, 4.69) is 5.10 Å². The fourth-order valence-electron chi connectivity index (χ4n) is 3.13. The second-order valence-corrected chi connectivity index (χ2v) is 8.40. The van der Waals surface area contributed by atoms with Gasteiger partial charge in [-0.3, -0.25) is 4.79 Å². The highest BCUT2D eigenvalue weighted by atomic mass is 32.2. The van der Waals surface area contributed by atoms with Crippen LogP contribution < -0.4 is 0 Å². The van der Waals surface area contributed by atoms with Crippen LogP contribution in [0.15, 0.2) is 47.5 Å². The molecule has 146 valence electrons. The number of carbonyl (C=O) groups excluding carboxylic acids is 1. The van der Waals surface area contributed by atoms with Crippen molar-refractivity contribution >= 4 is 15.6 Å². The molecule has 28 heavy (non-hydrogen) atoms. The number of benzene rings is 2. The van der Waals surface area contributed by atoms with Gasteiger partial charge >= 0.3 is 0 Å². The average Bonchev–Trinajstić information content (AvgIpc) is 3.01. The zero-order chi connectivity index (χ0) is 20.6. The van der Waals surface area contributed by atoms with Gasteiger partial charge in [-0.2, -0.15) is 5.10 Å². The Morgan fingerprint density at radius 3 is 2.32 bits per heavy atom. The van der Waals surface area contributed by atoms with Crippen LogP contribution in [0.25, 0.3) is 11.1 Å². The normalized spacial score (nSPS) is 11.6. The standard InChI is InChI=1S/C20H19FN2O4S/c1-4-23-20(25)16(11-22-23)19(24)15-9-10-17(28(3,26)27)18(12(15)2)13-5-7-14(21)8-6-13/h5-11,25H,4H2,1-3H3. The molecule has 0 saturated heterocycles. The summed E-state index contributed by atoms with van der Waals surface area (Å²) in [6.45, 7) is 3.80. The number of aromatic hydroxyl groups is 1. The van der Waals surface area contributed by atoms with Gasteiger partial charge in [0, 0.05) is 23.9 Å². The van der Waals surface area contributed by atoms with Gasteiger partial charge in [-0.1, -0.05) is 12.1 Å². The molecule has 0 aliphatic heterocycles. The van der Waals surface area contributed by atoms with E-state index >= 15 is 0 Å². The summed E-state index contributed by atoms with van der Waals surface area (Å²) in [7, 11) is -3.60. The minimum absolute atomic E-state index is 0.0297. The maximum atomic E-state index is 13.3. The molecule has 0 unspecified atom stereocenters. The summed E-state index contributed by atoms with van der Waals surface area (Å²) < 4.78 is 39.2. The monoisotopic (exact) mass is 402 g/mol. The molecule has 0 bridgehead atoms. The van der Waals surface area contributed by atoms with Crippen LogP contribution in [0.2, 0.25) is 0 Å². The van der Waals surface area contributed by atoms with Gasteiger partial charge in [0.2, 0.25) is 5.88 Å². The van der Waals surface area contributed by atoms with Crippen LogP contribution >= 0.6 is 0 Å². The molecule has 6 nitrogen and oxygen atoms in total. The lowest BCUT2D eigenvalue weighted by molar-refractivity contribution is 0.103. The van der Waals surface area contributed by atoms with Gasteiger partial charge in [-0.25, -0.2) is 17.5 Å². The molecule has 0 aliphatic rings. The zero-order valence-corrected chi connectivity index (χ0v) is 16.4. The fourth-order valence-corrected chi connectivity index (χ4v) is 4.09. The van der Waals surface area contributed by atoms with Gasteiger partial charge in [0.05, 0.1) is 11.1 Å². The highest BCUT2D eigenvalue weighted by Crippen LogP contribution is 2.34. The number of aryl methyl sites for hydroxylation is 1. The van der Waals surface area contributed by atoms with E-state index in [4.69, 9.17) is 0 Å². The van der Waals surface area contributed by atoms with E-state index in [-0.39, 0.29) is 21.9 Å². The number of ketones is 1. The van der Waals surface area contributed by atoms with Gasteiger partial charge in [0.15, 0.2) is 15.6 Å². The van der Waals surface area contributed by atoms with Gasteiger partial charge < -0.3 is 5.11 Å². The Balaban J connectivity index is 2.24. The summed E-state index contributed by atoms with van der Waals surface area (Å²) in [5.41, 5.74) is 1.49. The third-order valence-corrected chi connectivity index (χ3v) is 5.70. The van der Waals surface area contributed by atoms with E-state index in [0.29, 0.717) is 23.2 Å². The summed E-state index contributed by atoms with van der Waals surface area (Å²) in [5.74, 6) is -1.17. The summed E-state index contributed by atoms with van der Waals surface area (Å²) in [6, 6.07) is 8.17. The first-order valence-corrected chi connectivity index (χ1v) is 10.4. The molecule has 3 aromatic rings. The van der Waals surface area contributed by atoms with Crippen LogP contribution in [0.4, 0.5) is 4.39 Å². The Morgan fingerprint density at radius 1 is 1.14 bits per heavy atom. The summed E-state index contributed by atoms with van der Waals surface area (Å²) in [5, 5.41) is 14.2. The number of aromatic nitrogens is 2. The predicted molar refractivity (Wildman–Crippen MR) is 103 cm³/mol. The fraction of sp³-hybridized carbons (Fsp3) is 0.200. The second kappa shape index (κ2) is 7.20. The lowest BCUT2D eigenvalue weighted by Crippen LogP contribution is -2.09. The Kier molecular flexibility index (Phi) is 5.08. The van der Waals surface area contributed by atoms with E-state index in [1.807, 2.05) is 0 Å². The second-order valence-electron chi connectivity index (χ2n) is 6.42. The smallest absolute Gasteiger partial charge is 0.220 e. The molecule has 0 spiro atoms. The van der Waals surface area contributed by atoms with Crippen molar-refractivity contribution in [1.29, 1.82) is 0 Å². The van der Waals surface area contributed by atoms with Crippen molar-refractivity contribution in [2.75, 3.05) is 6.26 Å². The predicted octanol–water partition coefficient (Wildman–Crippen LogP) is 3.36. The Hall–Kier alpha value is -3.00. The first-order valence-electron chi connectivity index (χ1n) is 8.54.